The average molecular weight is 353 g/mol. The Morgan fingerprint density at radius 3 is 2.36 bits per heavy atom. The molecule has 1 atom stereocenters. The van der Waals surface area contributed by atoms with Crippen molar-refractivity contribution in [3.63, 3.8) is 0 Å². The summed E-state index contributed by atoms with van der Waals surface area (Å²) < 4.78 is 0. The van der Waals surface area contributed by atoms with Crippen LogP contribution >= 0.6 is 11.3 Å². The Morgan fingerprint density at radius 1 is 1.16 bits per heavy atom. The van der Waals surface area contributed by atoms with E-state index in [-0.39, 0.29) is 11.9 Å². The van der Waals surface area contributed by atoms with E-state index in [4.69, 9.17) is 0 Å². The number of carbonyl (C=O) groups excluding carboxylic acids is 1. The Hall–Kier alpha value is -2.67. The first kappa shape index (κ1) is 17.2. The number of aromatic nitrogens is 4. The van der Waals surface area contributed by atoms with E-state index < -0.39 is 0 Å². The quantitative estimate of drug-likeness (QED) is 0.718. The average Bonchev–Trinajstić information content (AvgIpc) is 2.99. The van der Waals surface area contributed by atoms with Gasteiger partial charge in [0.15, 0.2) is 5.82 Å². The van der Waals surface area contributed by atoms with Crippen LogP contribution in [0.25, 0.3) is 11.4 Å². The largest absolute Gasteiger partial charge is 0.333 e. The minimum Gasteiger partial charge on any atom is -0.333 e. The van der Waals surface area contributed by atoms with Crippen molar-refractivity contribution in [2.24, 2.45) is 0 Å². The molecule has 25 heavy (non-hydrogen) atoms. The van der Waals surface area contributed by atoms with Crippen molar-refractivity contribution in [3.05, 3.63) is 58.1 Å². The van der Waals surface area contributed by atoms with Crippen LogP contribution in [0.1, 0.15) is 38.9 Å². The van der Waals surface area contributed by atoms with Crippen LogP contribution in [0.15, 0.2) is 36.9 Å². The van der Waals surface area contributed by atoms with Crippen LogP contribution in [0.2, 0.25) is 0 Å². The van der Waals surface area contributed by atoms with Gasteiger partial charge in [0.05, 0.1) is 22.3 Å². The van der Waals surface area contributed by atoms with Gasteiger partial charge in [-0.3, -0.25) is 9.78 Å². The first-order valence-electron chi connectivity index (χ1n) is 7.91. The van der Waals surface area contributed by atoms with Gasteiger partial charge in [-0.1, -0.05) is 0 Å². The van der Waals surface area contributed by atoms with E-state index in [2.05, 4.69) is 19.9 Å². The van der Waals surface area contributed by atoms with Gasteiger partial charge in [-0.15, -0.1) is 11.3 Å². The van der Waals surface area contributed by atoms with E-state index in [0.29, 0.717) is 11.4 Å². The van der Waals surface area contributed by atoms with Crippen molar-refractivity contribution in [1.82, 2.24) is 24.8 Å². The van der Waals surface area contributed by atoms with Crippen LogP contribution in [-0.4, -0.2) is 37.8 Å². The monoisotopic (exact) mass is 353 g/mol. The minimum absolute atomic E-state index is 0.114. The maximum atomic E-state index is 12.7. The SMILES string of the molecule is Cc1nc(C(C)N(C)C(=O)c2cnc(-c3ccncc3)nc2)c(C)s1. The van der Waals surface area contributed by atoms with Gasteiger partial charge >= 0.3 is 0 Å². The Bertz CT molecular complexity index is 876. The van der Waals surface area contributed by atoms with Gasteiger partial charge in [0, 0.05) is 42.3 Å². The Balaban J connectivity index is 1.79. The zero-order valence-electron chi connectivity index (χ0n) is 14.6. The van der Waals surface area contributed by atoms with Crippen LogP contribution in [0.4, 0.5) is 0 Å². The molecule has 0 aromatic carbocycles. The topological polar surface area (TPSA) is 71.9 Å². The first-order chi connectivity index (χ1) is 12.0. The zero-order valence-corrected chi connectivity index (χ0v) is 15.4. The van der Waals surface area contributed by atoms with Crippen molar-refractivity contribution in [2.45, 2.75) is 26.8 Å². The summed E-state index contributed by atoms with van der Waals surface area (Å²) in [6.45, 7) is 5.98. The Kier molecular flexibility index (Phi) is 4.85. The molecule has 0 saturated heterocycles. The Labute approximate surface area is 150 Å². The highest BCUT2D eigenvalue weighted by molar-refractivity contribution is 7.11. The van der Waals surface area contributed by atoms with E-state index in [1.807, 2.05) is 32.9 Å². The molecule has 0 aliphatic heterocycles. The van der Waals surface area contributed by atoms with Gasteiger partial charge in [-0.25, -0.2) is 15.0 Å². The summed E-state index contributed by atoms with van der Waals surface area (Å²) in [5, 5.41) is 1.00. The Morgan fingerprint density at radius 2 is 1.80 bits per heavy atom. The van der Waals surface area contributed by atoms with E-state index in [1.165, 1.54) is 0 Å². The van der Waals surface area contributed by atoms with Gasteiger partial charge in [0.25, 0.3) is 5.91 Å². The molecule has 3 aromatic heterocycles. The predicted molar refractivity (Wildman–Crippen MR) is 97.4 cm³/mol. The normalized spacial score (nSPS) is 12.0. The highest BCUT2D eigenvalue weighted by atomic mass is 32.1. The number of nitrogens with zero attached hydrogens (tertiary/aromatic N) is 5. The molecule has 1 amide bonds. The third-order valence-electron chi connectivity index (χ3n) is 4.07. The second-order valence-corrected chi connectivity index (χ2v) is 7.20. The van der Waals surface area contributed by atoms with Crippen LogP contribution in [-0.2, 0) is 0 Å². The van der Waals surface area contributed by atoms with Gasteiger partial charge in [-0.2, -0.15) is 0 Å². The number of rotatable bonds is 4. The zero-order chi connectivity index (χ0) is 18.0. The fourth-order valence-corrected chi connectivity index (χ4v) is 3.49. The molecule has 0 spiro atoms. The molecule has 0 aliphatic carbocycles. The molecular weight excluding hydrogens is 334 g/mol. The fraction of sp³-hybridized carbons (Fsp3) is 0.278. The summed E-state index contributed by atoms with van der Waals surface area (Å²) in [7, 11) is 1.78. The molecule has 1 unspecified atom stereocenters. The molecule has 0 fully saturated rings. The number of pyridine rings is 1. The second-order valence-electron chi connectivity index (χ2n) is 5.80. The lowest BCUT2D eigenvalue weighted by Crippen LogP contribution is -2.30. The molecule has 7 heteroatoms. The standard InChI is InChI=1S/C18H19N5OS/c1-11(16-12(2)25-13(3)22-16)23(4)18(24)15-9-20-17(21-10-15)14-5-7-19-8-6-14/h5-11H,1-4H3. The summed E-state index contributed by atoms with van der Waals surface area (Å²) in [5.74, 6) is 0.444. The third-order valence-corrected chi connectivity index (χ3v) is 4.98. The van der Waals surface area contributed by atoms with E-state index in [9.17, 15) is 4.79 Å². The molecule has 0 aliphatic rings. The van der Waals surface area contributed by atoms with Crippen LogP contribution in [0.3, 0.4) is 0 Å². The van der Waals surface area contributed by atoms with E-state index in [0.717, 1.165) is 21.1 Å². The molecule has 6 nitrogen and oxygen atoms in total. The minimum atomic E-state index is -0.126. The van der Waals surface area contributed by atoms with Gasteiger partial charge in [-0.05, 0) is 32.9 Å². The number of amides is 1. The van der Waals surface area contributed by atoms with Crippen molar-refractivity contribution in [1.29, 1.82) is 0 Å². The van der Waals surface area contributed by atoms with Gasteiger partial charge < -0.3 is 4.90 Å². The van der Waals surface area contributed by atoms with Crippen molar-refractivity contribution >= 4 is 17.2 Å². The molecule has 3 rings (SSSR count). The number of hydrogen-bond donors (Lipinski definition) is 0. The molecule has 3 aromatic rings. The fourth-order valence-electron chi connectivity index (χ4n) is 2.58. The van der Waals surface area contributed by atoms with Gasteiger partial charge in [0.2, 0.25) is 0 Å². The third kappa shape index (κ3) is 3.56. The second kappa shape index (κ2) is 7.06. The smallest absolute Gasteiger partial charge is 0.257 e. The number of hydrogen-bond acceptors (Lipinski definition) is 6. The number of carbonyl (C=O) groups is 1. The summed E-state index contributed by atoms with van der Waals surface area (Å²) in [5.41, 5.74) is 2.26. The molecule has 0 radical (unpaired) electrons. The van der Waals surface area contributed by atoms with Crippen LogP contribution in [0, 0.1) is 13.8 Å². The summed E-state index contributed by atoms with van der Waals surface area (Å²) in [6.07, 6.45) is 6.50. The summed E-state index contributed by atoms with van der Waals surface area (Å²) in [6, 6.07) is 3.55. The molecule has 0 saturated carbocycles. The van der Waals surface area contributed by atoms with Crippen LogP contribution in [0.5, 0.6) is 0 Å². The summed E-state index contributed by atoms with van der Waals surface area (Å²) >= 11 is 1.64. The van der Waals surface area contributed by atoms with E-state index in [1.54, 1.807) is 48.1 Å². The summed E-state index contributed by atoms with van der Waals surface area (Å²) in [4.78, 5) is 32.7. The van der Waals surface area contributed by atoms with Crippen molar-refractivity contribution in [3.8, 4) is 11.4 Å². The highest BCUT2D eigenvalue weighted by Gasteiger charge is 2.23. The van der Waals surface area contributed by atoms with Crippen LogP contribution < -0.4 is 0 Å². The van der Waals surface area contributed by atoms with Crippen molar-refractivity contribution < 1.29 is 4.79 Å². The molecule has 0 N–H and O–H groups in total. The maximum absolute atomic E-state index is 12.7. The van der Waals surface area contributed by atoms with Crippen molar-refractivity contribution in [2.75, 3.05) is 7.05 Å². The number of thiazole rings is 1. The first-order valence-corrected chi connectivity index (χ1v) is 8.72. The lowest BCUT2D eigenvalue weighted by Gasteiger charge is -2.24. The molecular formula is C18H19N5OS. The molecule has 0 bridgehead atoms. The molecule has 3 heterocycles. The highest BCUT2D eigenvalue weighted by Crippen LogP contribution is 2.27. The van der Waals surface area contributed by atoms with E-state index >= 15 is 0 Å². The maximum Gasteiger partial charge on any atom is 0.257 e. The lowest BCUT2D eigenvalue weighted by molar-refractivity contribution is 0.0739. The number of aryl methyl sites for hydroxylation is 2. The predicted octanol–water partition coefficient (Wildman–Crippen LogP) is 3.45. The lowest BCUT2D eigenvalue weighted by atomic mass is 10.1. The van der Waals surface area contributed by atoms with Gasteiger partial charge in [0.1, 0.15) is 0 Å². The molecule has 128 valence electrons.